The molecule has 2 amide bonds. The Morgan fingerprint density at radius 3 is 2.96 bits per heavy atom. The zero-order valence-corrected chi connectivity index (χ0v) is 13.5. The molecule has 0 aliphatic heterocycles. The minimum atomic E-state index is -0.623. The summed E-state index contributed by atoms with van der Waals surface area (Å²) in [5.74, 6) is 0.489. The van der Waals surface area contributed by atoms with Gasteiger partial charge in [0, 0.05) is 26.0 Å². The van der Waals surface area contributed by atoms with Crippen LogP contribution in [0, 0.1) is 5.41 Å². The van der Waals surface area contributed by atoms with Gasteiger partial charge in [-0.3, -0.25) is 5.41 Å². The summed E-state index contributed by atoms with van der Waals surface area (Å²) in [7, 11) is 1.79. The first-order chi connectivity index (χ1) is 11.1. The van der Waals surface area contributed by atoms with Crippen molar-refractivity contribution in [1.29, 1.82) is 5.41 Å². The number of carbonyl (C=O) groups excluding carboxylic acids is 1. The van der Waals surface area contributed by atoms with E-state index in [1.54, 1.807) is 37.0 Å². The maximum Gasteiger partial charge on any atom is 0.315 e. The van der Waals surface area contributed by atoms with Crippen LogP contribution in [0.15, 0.2) is 24.5 Å². The van der Waals surface area contributed by atoms with Gasteiger partial charge in [0.1, 0.15) is 6.67 Å². The van der Waals surface area contributed by atoms with E-state index in [1.807, 2.05) is 6.08 Å². The predicted octanol–water partition coefficient (Wildman–Crippen LogP) is 1.76. The Morgan fingerprint density at radius 2 is 2.35 bits per heavy atom. The summed E-state index contributed by atoms with van der Waals surface area (Å²) in [6.45, 7) is 2.01. The predicted molar refractivity (Wildman–Crippen MR) is 86.3 cm³/mol. The molecule has 7 nitrogen and oxygen atoms in total. The topological polar surface area (TPSA) is 92.0 Å². The molecule has 0 fully saturated rings. The fraction of sp³-hybridized carbons (Fsp3) is 0.533. The second-order valence-electron chi connectivity index (χ2n) is 4.89. The Balaban J connectivity index is 2.21. The summed E-state index contributed by atoms with van der Waals surface area (Å²) in [5, 5.41) is 12.9. The number of hydrogen-bond acceptors (Lipinski definition) is 4. The van der Waals surface area contributed by atoms with Crippen molar-refractivity contribution in [3.8, 4) is 0 Å². The van der Waals surface area contributed by atoms with Crippen molar-refractivity contribution in [2.75, 3.05) is 19.8 Å². The van der Waals surface area contributed by atoms with Gasteiger partial charge in [0.15, 0.2) is 5.82 Å². The Morgan fingerprint density at radius 1 is 1.57 bits per heavy atom. The number of halogens is 1. The number of urea groups is 1. The van der Waals surface area contributed by atoms with Gasteiger partial charge in [-0.1, -0.05) is 12.2 Å². The quantitative estimate of drug-likeness (QED) is 0.279. The zero-order chi connectivity index (χ0) is 17.1. The van der Waals surface area contributed by atoms with Gasteiger partial charge in [-0.15, -0.1) is 0 Å². The molecule has 1 atom stereocenters. The SMILES string of the molecule is CCNC(=O)NC(CF)C/C=C/CCOC(=N)c1nccn1C. The molecule has 0 aliphatic rings. The molecule has 0 radical (unpaired) electrons. The van der Waals surface area contributed by atoms with Crippen LogP contribution in [-0.4, -0.2) is 47.3 Å². The minimum absolute atomic E-state index is 0.0189. The van der Waals surface area contributed by atoms with Gasteiger partial charge >= 0.3 is 6.03 Å². The summed E-state index contributed by atoms with van der Waals surface area (Å²) >= 11 is 0. The molecule has 0 saturated carbocycles. The third-order valence-corrected chi connectivity index (χ3v) is 3.00. The maximum absolute atomic E-state index is 12.8. The number of amides is 2. The minimum Gasteiger partial charge on any atom is -0.475 e. The number of carbonyl (C=O) groups is 1. The molecule has 1 aromatic heterocycles. The Kier molecular flexibility index (Phi) is 8.41. The van der Waals surface area contributed by atoms with E-state index in [0.717, 1.165) is 0 Å². The van der Waals surface area contributed by atoms with E-state index < -0.39 is 12.7 Å². The number of nitrogens with zero attached hydrogens (tertiary/aromatic N) is 2. The van der Waals surface area contributed by atoms with Crippen LogP contribution in [0.5, 0.6) is 0 Å². The highest BCUT2D eigenvalue weighted by Crippen LogP contribution is 2.00. The van der Waals surface area contributed by atoms with Crippen LogP contribution in [0.25, 0.3) is 0 Å². The lowest BCUT2D eigenvalue weighted by Gasteiger charge is -2.13. The first-order valence-corrected chi connectivity index (χ1v) is 7.52. The molecule has 1 heterocycles. The normalized spacial score (nSPS) is 12.1. The van der Waals surface area contributed by atoms with Crippen molar-refractivity contribution in [1.82, 2.24) is 20.2 Å². The second kappa shape index (κ2) is 10.4. The van der Waals surface area contributed by atoms with E-state index in [2.05, 4.69) is 15.6 Å². The van der Waals surface area contributed by atoms with Gasteiger partial charge in [-0.05, 0) is 19.8 Å². The number of ether oxygens (including phenoxy) is 1. The largest absolute Gasteiger partial charge is 0.475 e. The molecule has 1 rings (SSSR count). The van der Waals surface area contributed by atoms with Crippen LogP contribution < -0.4 is 10.6 Å². The van der Waals surface area contributed by atoms with Gasteiger partial charge in [-0.25, -0.2) is 14.2 Å². The summed E-state index contributed by atoms with van der Waals surface area (Å²) in [6, 6.07) is -0.903. The molecule has 0 bridgehead atoms. The number of imidazole rings is 1. The average Bonchev–Trinajstić information content (AvgIpc) is 2.95. The van der Waals surface area contributed by atoms with Crippen LogP contribution in [0.2, 0.25) is 0 Å². The fourth-order valence-corrected chi connectivity index (χ4v) is 1.81. The number of hydrogen-bond donors (Lipinski definition) is 3. The van der Waals surface area contributed by atoms with E-state index in [1.165, 1.54) is 0 Å². The molecule has 128 valence electrons. The first kappa shape index (κ1) is 18.7. The van der Waals surface area contributed by atoms with E-state index in [-0.39, 0.29) is 11.9 Å². The Hall–Kier alpha value is -2.38. The number of alkyl halides is 1. The fourth-order valence-electron chi connectivity index (χ4n) is 1.81. The highest BCUT2D eigenvalue weighted by Gasteiger charge is 2.09. The van der Waals surface area contributed by atoms with Gasteiger partial charge < -0.3 is 19.9 Å². The molecule has 0 spiro atoms. The van der Waals surface area contributed by atoms with Gasteiger partial charge in [0.25, 0.3) is 0 Å². The van der Waals surface area contributed by atoms with Crippen LogP contribution in [-0.2, 0) is 11.8 Å². The Bertz CT molecular complexity index is 530. The summed E-state index contributed by atoms with van der Waals surface area (Å²) in [4.78, 5) is 15.3. The van der Waals surface area contributed by atoms with Crippen LogP contribution >= 0.6 is 0 Å². The zero-order valence-electron chi connectivity index (χ0n) is 13.5. The number of aryl methyl sites for hydroxylation is 1. The van der Waals surface area contributed by atoms with Gasteiger partial charge in [0.05, 0.1) is 12.6 Å². The molecule has 0 aliphatic carbocycles. The first-order valence-electron chi connectivity index (χ1n) is 7.52. The molecule has 23 heavy (non-hydrogen) atoms. The monoisotopic (exact) mass is 325 g/mol. The number of aromatic nitrogens is 2. The summed E-state index contributed by atoms with van der Waals surface area (Å²) in [6.07, 6.45) is 7.98. The van der Waals surface area contributed by atoms with Crippen molar-refractivity contribution in [2.45, 2.75) is 25.8 Å². The summed E-state index contributed by atoms with van der Waals surface area (Å²) in [5.41, 5.74) is 0. The molecular weight excluding hydrogens is 301 g/mol. The van der Waals surface area contributed by atoms with E-state index in [9.17, 15) is 9.18 Å². The highest BCUT2D eigenvalue weighted by molar-refractivity contribution is 5.87. The molecule has 8 heteroatoms. The summed E-state index contributed by atoms with van der Waals surface area (Å²) < 4.78 is 19.8. The lowest BCUT2D eigenvalue weighted by molar-refractivity contribution is 0.234. The third-order valence-electron chi connectivity index (χ3n) is 3.00. The van der Waals surface area contributed by atoms with Gasteiger partial charge in [-0.2, -0.15) is 0 Å². The number of rotatable bonds is 9. The Labute approximate surface area is 135 Å². The van der Waals surface area contributed by atoms with Crippen LogP contribution in [0.4, 0.5) is 9.18 Å². The average molecular weight is 325 g/mol. The van der Waals surface area contributed by atoms with E-state index >= 15 is 0 Å². The molecule has 0 saturated heterocycles. The van der Waals surface area contributed by atoms with Crippen molar-refractivity contribution in [3.05, 3.63) is 30.4 Å². The number of nitrogens with one attached hydrogen (secondary N) is 3. The van der Waals surface area contributed by atoms with Crippen molar-refractivity contribution < 1.29 is 13.9 Å². The molecule has 0 aromatic carbocycles. The van der Waals surface area contributed by atoms with Crippen LogP contribution in [0.1, 0.15) is 25.6 Å². The molecule has 1 unspecified atom stereocenters. The second-order valence-corrected chi connectivity index (χ2v) is 4.89. The van der Waals surface area contributed by atoms with Crippen LogP contribution in [0.3, 0.4) is 0 Å². The maximum atomic E-state index is 12.8. The molecular formula is C15H24FN5O2. The highest BCUT2D eigenvalue weighted by atomic mass is 19.1. The van der Waals surface area contributed by atoms with E-state index in [0.29, 0.717) is 31.8 Å². The molecule has 1 aromatic rings. The van der Waals surface area contributed by atoms with Crippen molar-refractivity contribution in [2.24, 2.45) is 7.05 Å². The lowest BCUT2D eigenvalue weighted by Crippen LogP contribution is -2.42. The molecule has 3 N–H and O–H groups in total. The third kappa shape index (κ3) is 6.94. The van der Waals surface area contributed by atoms with Gasteiger partial charge in [0.2, 0.25) is 5.90 Å². The van der Waals surface area contributed by atoms with Crippen molar-refractivity contribution in [3.63, 3.8) is 0 Å². The standard InChI is InChI=1S/C15H24FN5O2/c1-3-18-15(22)20-12(11-16)7-5-4-6-10-23-13(17)14-19-8-9-21(14)2/h4-5,8-9,12,17H,3,6-7,10-11H2,1-2H3,(H2,18,20,22)/b5-4+,17-13?. The van der Waals surface area contributed by atoms with Crippen molar-refractivity contribution >= 4 is 11.9 Å². The lowest BCUT2D eigenvalue weighted by atomic mass is 10.2. The smallest absolute Gasteiger partial charge is 0.315 e. The van der Waals surface area contributed by atoms with E-state index in [4.69, 9.17) is 10.1 Å².